The molecule has 0 bridgehead atoms. The number of amides is 2. The fraction of sp³-hybridized carbons (Fsp3) is 0.741. The lowest BCUT2D eigenvalue weighted by molar-refractivity contribution is -0.144. The van der Waals surface area contributed by atoms with Crippen molar-refractivity contribution in [2.24, 2.45) is 5.92 Å². The smallest absolute Gasteiger partial charge is 0.410 e. The maximum Gasteiger partial charge on any atom is 0.410 e. The Morgan fingerprint density at radius 2 is 1.67 bits per heavy atom. The zero-order chi connectivity index (χ0) is 28.7. The van der Waals surface area contributed by atoms with Crippen LogP contribution in [0.15, 0.2) is 15.8 Å². The Hall–Kier alpha value is -2.99. The molecule has 3 rings (SSSR count). The van der Waals surface area contributed by atoms with E-state index in [9.17, 15) is 24.0 Å². The Morgan fingerprint density at radius 3 is 2.26 bits per heavy atom. The van der Waals surface area contributed by atoms with Crippen LogP contribution in [0.25, 0.3) is 0 Å². The van der Waals surface area contributed by atoms with E-state index in [0.29, 0.717) is 38.2 Å². The SMILES string of the molecule is COCCCn1cc(CN(C(=O)C2CN(C(=O)OC(C)(C)C)CCC2=O)C2CC2)c(=O)n(CCCOC)c1=O. The fourth-order valence-corrected chi connectivity index (χ4v) is 4.62. The lowest BCUT2D eigenvalue weighted by Crippen LogP contribution is -2.52. The highest BCUT2D eigenvalue weighted by Crippen LogP contribution is 2.31. The maximum atomic E-state index is 13.7. The van der Waals surface area contributed by atoms with Gasteiger partial charge in [-0.1, -0.05) is 0 Å². The molecule has 2 fully saturated rings. The van der Waals surface area contributed by atoms with Crippen molar-refractivity contribution < 1.29 is 28.6 Å². The fourth-order valence-electron chi connectivity index (χ4n) is 4.62. The van der Waals surface area contributed by atoms with E-state index in [1.54, 1.807) is 39.9 Å². The van der Waals surface area contributed by atoms with Gasteiger partial charge in [-0.05, 0) is 46.5 Å². The number of nitrogens with zero attached hydrogens (tertiary/aromatic N) is 4. The van der Waals surface area contributed by atoms with E-state index in [-0.39, 0.29) is 44.4 Å². The summed E-state index contributed by atoms with van der Waals surface area (Å²) in [6, 6.07) is -0.0996. The Morgan fingerprint density at radius 1 is 1.03 bits per heavy atom. The van der Waals surface area contributed by atoms with Crippen LogP contribution < -0.4 is 11.2 Å². The maximum absolute atomic E-state index is 13.7. The molecule has 1 saturated carbocycles. The number of piperidine rings is 1. The average Bonchev–Trinajstić information content (AvgIpc) is 3.71. The number of hydrogen-bond acceptors (Lipinski definition) is 8. The molecular weight excluding hydrogens is 508 g/mol. The molecule has 12 nitrogen and oxygen atoms in total. The summed E-state index contributed by atoms with van der Waals surface area (Å²) < 4.78 is 18.3. The van der Waals surface area contributed by atoms with Crippen molar-refractivity contribution in [1.29, 1.82) is 0 Å². The van der Waals surface area contributed by atoms with Crippen molar-refractivity contribution in [1.82, 2.24) is 18.9 Å². The molecule has 39 heavy (non-hydrogen) atoms. The summed E-state index contributed by atoms with van der Waals surface area (Å²) in [7, 11) is 3.13. The van der Waals surface area contributed by atoms with Gasteiger partial charge in [0.25, 0.3) is 5.56 Å². The lowest BCUT2D eigenvalue weighted by atomic mass is 9.95. The molecule has 12 heteroatoms. The highest BCUT2D eigenvalue weighted by atomic mass is 16.6. The average molecular weight is 551 g/mol. The van der Waals surface area contributed by atoms with E-state index in [1.165, 1.54) is 20.2 Å². The third kappa shape index (κ3) is 8.25. The van der Waals surface area contributed by atoms with Crippen LogP contribution in [0.1, 0.15) is 58.4 Å². The van der Waals surface area contributed by atoms with Gasteiger partial charge in [-0.25, -0.2) is 9.59 Å². The van der Waals surface area contributed by atoms with Crippen molar-refractivity contribution in [3.05, 3.63) is 32.6 Å². The topological polar surface area (TPSA) is 129 Å². The highest BCUT2D eigenvalue weighted by molar-refractivity contribution is 6.03. The molecule has 0 N–H and O–H groups in total. The van der Waals surface area contributed by atoms with Crippen molar-refractivity contribution in [2.45, 2.75) is 84.2 Å². The van der Waals surface area contributed by atoms with Gasteiger partial charge in [0.15, 0.2) is 0 Å². The molecule has 1 unspecified atom stereocenters. The summed E-state index contributed by atoms with van der Waals surface area (Å²) >= 11 is 0. The minimum atomic E-state index is -1.02. The molecule has 1 aliphatic carbocycles. The van der Waals surface area contributed by atoms with E-state index < -0.39 is 34.8 Å². The number of carbonyl (C=O) groups is 3. The number of hydrogen-bond donors (Lipinski definition) is 0. The Balaban J connectivity index is 1.87. The Kier molecular flexibility index (Phi) is 10.5. The summed E-state index contributed by atoms with van der Waals surface area (Å²) in [4.78, 5) is 68.6. The molecule has 1 aromatic rings. The second-order valence-corrected chi connectivity index (χ2v) is 11.2. The highest BCUT2D eigenvalue weighted by Gasteiger charge is 2.42. The number of methoxy groups -OCH3 is 2. The predicted molar refractivity (Wildman–Crippen MR) is 142 cm³/mol. The predicted octanol–water partition coefficient (Wildman–Crippen LogP) is 1.40. The summed E-state index contributed by atoms with van der Waals surface area (Å²) in [5.74, 6) is -1.66. The zero-order valence-corrected chi connectivity index (χ0v) is 23.8. The quantitative estimate of drug-likeness (QED) is 0.282. The lowest BCUT2D eigenvalue weighted by Gasteiger charge is -2.35. The normalized spacial score (nSPS) is 17.8. The van der Waals surface area contributed by atoms with Gasteiger partial charge in [-0.2, -0.15) is 0 Å². The van der Waals surface area contributed by atoms with Gasteiger partial charge < -0.3 is 24.0 Å². The number of carbonyl (C=O) groups excluding carboxylic acids is 3. The van der Waals surface area contributed by atoms with Gasteiger partial charge in [0.1, 0.15) is 17.3 Å². The molecule has 218 valence electrons. The Bertz CT molecular complexity index is 1150. The number of ketones is 1. The number of rotatable bonds is 12. The molecule has 2 aliphatic rings. The number of Topliss-reactive ketones (excluding diaryl/α,β-unsaturated/α-hetero) is 1. The molecule has 0 spiro atoms. The van der Waals surface area contributed by atoms with Gasteiger partial charge in [-0.3, -0.25) is 23.5 Å². The first-order valence-electron chi connectivity index (χ1n) is 13.6. The molecule has 1 aromatic heterocycles. The van der Waals surface area contributed by atoms with Crippen LogP contribution in [0, 0.1) is 5.92 Å². The van der Waals surface area contributed by atoms with Crippen molar-refractivity contribution in [2.75, 3.05) is 40.5 Å². The van der Waals surface area contributed by atoms with Crippen LogP contribution >= 0.6 is 0 Å². The largest absolute Gasteiger partial charge is 0.444 e. The van der Waals surface area contributed by atoms with E-state index in [0.717, 1.165) is 12.8 Å². The number of aromatic nitrogens is 2. The van der Waals surface area contributed by atoms with Crippen LogP contribution in [0.3, 0.4) is 0 Å². The second-order valence-electron chi connectivity index (χ2n) is 11.2. The van der Waals surface area contributed by atoms with Gasteiger partial charge in [0.2, 0.25) is 5.91 Å². The Labute approximate surface area is 228 Å². The first kappa shape index (κ1) is 30.6. The van der Waals surface area contributed by atoms with Crippen LogP contribution in [-0.2, 0) is 43.4 Å². The van der Waals surface area contributed by atoms with E-state index in [2.05, 4.69) is 0 Å². The van der Waals surface area contributed by atoms with E-state index >= 15 is 0 Å². The van der Waals surface area contributed by atoms with Crippen LogP contribution in [0.5, 0.6) is 0 Å². The minimum Gasteiger partial charge on any atom is -0.444 e. The first-order chi connectivity index (χ1) is 18.5. The minimum absolute atomic E-state index is 0.0204. The van der Waals surface area contributed by atoms with Crippen LogP contribution in [0.2, 0.25) is 0 Å². The summed E-state index contributed by atoms with van der Waals surface area (Å²) in [6.45, 7) is 6.78. The number of ether oxygens (including phenoxy) is 3. The molecule has 0 radical (unpaired) electrons. The summed E-state index contributed by atoms with van der Waals surface area (Å²) in [5, 5.41) is 0. The number of likely N-dealkylation sites (tertiary alicyclic amines) is 1. The van der Waals surface area contributed by atoms with Gasteiger partial charge in [-0.15, -0.1) is 0 Å². The number of aryl methyl sites for hydroxylation is 1. The monoisotopic (exact) mass is 550 g/mol. The van der Waals surface area contributed by atoms with Crippen molar-refractivity contribution >= 4 is 17.8 Å². The molecular formula is C27H42N4O8. The van der Waals surface area contributed by atoms with Crippen molar-refractivity contribution in [3.63, 3.8) is 0 Å². The van der Waals surface area contributed by atoms with E-state index in [4.69, 9.17) is 14.2 Å². The molecule has 2 heterocycles. The third-order valence-electron chi connectivity index (χ3n) is 6.77. The molecule has 1 aliphatic heterocycles. The molecule has 1 atom stereocenters. The van der Waals surface area contributed by atoms with Crippen LogP contribution in [0.4, 0.5) is 4.79 Å². The standard InChI is InChI=1S/C27H42N4O8/c1-27(2,3)39-26(36)29-13-10-22(32)21(18-29)24(34)31(20-8-9-20)17-19-16-28(11-6-14-37-4)25(35)30(23(19)33)12-7-15-38-5/h16,20-21H,6-15,17-18H2,1-5H3. The molecule has 0 aromatic carbocycles. The van der Waals surface area contributed by atoms with Gasteiger partial charge in [0, 0.05) is 72.3 Å². The first-order valence-corrected chi connectivity index (χ1v) is 13.6. The van der Waals surface area contributed by atoms with Crippen molar-refractivity contribution in [3.8, 4) is 0 Å². The van der Waals surface area contributed by atoms with Gasteiger partial charge in [0.05, 0.1) is 12.1 Å². The van der Waals surface area contributed by atoms with E-state index in [1.807, 2.05) is 0 Å². The molecule has 2 amide bonds. The second kappa shape index (κ2) is 13.4. The third-order valence-corrected chi connectivity index (χ3v) is 6.77. The van der Waals surface area contributed by atoms with Crippen LogP contribution in [-0.4, -0.2) is 88.9 Å². The van der Waals surface area contributed by atoms with Gasteiger partial charge >= 0.3 is 11.8 Å². The zero-order valence-electron chi connectivity index (χ0n) is 23.8. The summed E-state index contributed by atoms with van der Waals surface area (Å²) in [6.07, 6.45) is 3.60. The molecule has 1 saturated heterocycles. The summed E-state index contributed by atoms with van der Waals surface area (Å²) in [5.41, 5.74) is -1.27.